The van der Waals surface area contributed by atoms with Gasteiger partial charge in [-0.2, -0.15) is 0 Å². The molecular weight excluding hydrogens is 402 g/mol. The largest absolute Gasteiger partial charge is 0.449 e. The van der Waals surface area contributed by atoms with Crippen LogP contribution in [0.1, 0.15) is 40.7 Å². The van der Waals surface area contributed by atoms with E-state index in [9.17, 15) is 9.59 Å². The highest BCUT2D eigenvalue weighted by molar-refractivity contribution is 6.31. The van der Waals surface area contributed by atoms with Crippen molar-refractivity contribution in [2.75, 3.05) is 5.32 Å². The number of nitrogens with zero attached hydrogens (tertiary/aromatic N) is 1. The van der Waals surface area contributed by atoms with Crippen molar-refractivity contribution in [3.63, 3.8) is 0 Å². The number of aromatic amines is 1. The average Bonchev–Trinajstić information content (AvgIpc) is 3.07. The van der Waals surface area contributed by atoms with Crippen LogP contribution in [0.3, 0.4) is 0 Å². The molecule has 0 saturated heterocycles. The highest BCUT2D eigenvalue weighted by Gasteiger charge is 2.22. The molecule has 1 aromatic heterocycles. The van der Waals surface area contributed by atoms with Gasteiger partial charge in [-0.15, -0.1) is 0 Å². The minimum atomic E-state index is -0.910. The summed E-state index contributed by atoms with van der Waals surface area (Å²) >= 11 is 6.10. The van der Waals surface area contributed by atoms with E-state index in [0.717, 1.165) is 28.3 Å². The number of hydrogen-bond donors (Lipinski definition) is 2. The zero-order valence-corrected chi connectivity index (χ0v) is 18.1. The molecule has 1 heterocycles. The SMILES string of the molecule is CCC(OC(=O)c1ccc(-c2nc(C)c(C)[nH]2)cc1)C(=O)Nc1ccc(C)c(Cl)c1. The lowest BCUT2D eigenvalue weighted by molar-refractivity contribution is -0.124. The number of hydrogen-bond acceptors (Lipinski definition) is 4. The maximum Gasteiger partial charge on any atom is 0.338 e. The Morgan fingerprint density at radius 1 is 1.13 bits per heavy atom. The molecule has 1 unspecified atom stereocenters. The van der Waals surface area contributed by atoms with Crippen LogP contribution in [0.2, 0.25) is 5.02 Å². The highest BCUT2D eigenvalue weighted by Crippen LogP contribution is 2.21. The zero-order chi connectivity index (χ0) is 21.8. The second-order valence-corrected chi connectivity index (χ2v) is 7.54. The van der Waals surface area contributed by atoms with Crippen LogP contribution in [-0.2, 0) is 9.53 Å². The molecule has 7 heteroatoms. The summed E-state index contributed by atoms with van der Waals surface area (Å²) in [6.45, 7) is 7.55. The molecule has 0 aliphatic carbocycles. The summed E-state index contributed by atoms with van der Waals surface area (Å²) in [5.74, 6) is -0.214. The molecule has 1 amide bonds. The number of carbonyl (C=O) groups is 2. The minimum absolute atomic E-state index is 0.347. The number of aromatic nitrogens is 2. The molecule has 6 nitrogen and oxygen atoms in total. The monoisotopic (exact) mass is 425 g/mol. The van der Waals surface area contributed by atoms with Crippen LogP contribution >= 0.6 is 11.6 Å². The molecule has 2 aromatic carbocycles. The van der Waals surface area contributed by atoms with Crippen LogP contribution in [0.25, 0.3) is 11.4 Å². The van der Waals surface area contributed by atoms with E-state index in [2.05, 4.69) is 15.3 Å². The van der Waals surface area contributed by atoms with Crippen LogP contribution in [0.4, 0.5) is 5.69 Å². The molecule has 0 aliphatic heterocycles. The van der Waals surface area contributed by atoms with E-state index in [0.29, 0.717) is 22.7 Å². The van der Waals surface area contributed by atoms with Gasteiger partial charge in [0, 0.05) is 22.0 Å². The van der Waals surface area contributed by atoms with Gasteiger partial charge >= 0.3 is 5.97 Å². The second kappa shape index (κ2) is 9.13. The van der Waals surface area contributed by atoms with E-state index in [4.69, 9.17) is 16.3 Å². The molecule has 0 aliphatic rings. The first-order chi connectivity index (χ1) is 14.3. The van der Waals surface area contributed by atoms with Crippen molar-refractivity contribution < 1.29 is 14.3 Å². The highest BCUT2D eigenvalue weighted by atomic mass is 35.5. The van der Waals surface area contributed by atoms with Gasteiger partial charge in [0.05, 0.1) is 11.3 Å². The predicted octanol–water partition coefficient (Wildman–Crippen LogP) is 5.23. The molecule has 3 aromatic rings. The van der Waals surface area contributed by atoms with E-state index < -0.39 is 18.0 Å². The number of aryl methyl sites for hydroxylation is 3. The number of nitrogens with one attached hydrogen (secondary N) is 2. The van der Waals surface area contributed by atoms with Crippen molar-refractivity contribution in [1.82, 2.24) is 9.97 Å². The van der Waals surface area contributed by atoms with Crippen molar-refractivity contribution >= 4 is 29.2 Å². The number of halogens is 1. The fourth-order valence-corrected chi connectivity index (χ4v) is 3.04. The quantitative estimate of drug-likeness (QED) is 0.529. The van der Waals surface area contributed by atoms with Gasteiger partial charge < -0.3 is 15.0 Å². The van der Waals surface area contributed by atoms with E-state index >= 15 is 0 Å². The van der Waals surface area contributed by atoms with Gasteiger partial charge in [-0.25, -0.2) is 9.78 Å². The van der Waals surface area contributed by atoms with Gasteiger partial charge in [-0.05, 0) is 57.0 Å². The van der Waals surface area contributed by atoms with Gasteiger partial charge in [0.2, 0.25) is 0 Å². The number of anilines is 1. The van der Waals surface area contributed by atoms with Gasteiger partial charge in [-0.1, -0.05) is 36.7 Å². The molecule has 0 saturated carbocycles. The lowest BCUT2D eigenvalue weighted by Gasteiger charge is -2.16. The average molecular weight is 426 g/mol. The zero-order valence-electron chi connectivity index (χ0n) is 17.4. The summed E-state index contributed by atoms with van der Waals surface area (Å²) in [5.41, 5.74) is 4.63. The van der Waals surface area contributed by atoms with Crippen molar-refractivity contribution in [2.45, 2.75) is 40.2 Å². The number of imidazole rings is 1. The third kappa shape index (κ3) is 4.89. The van der Waals surface area contributed by atoms with Gasteiger partial charge in [0.15, 0.2) is 6.10 Å². The third-order valence-corrected chi connectivity index (χ3v) is 5.28. The summed E-state index contributed by atoms with van der Waals surface area (Å²) in [7, 11) is 0. The second-order valence-electron chi connectivity index (χ2n) is 7.13. The normalized spacial score (nSPS) is 11.8. The number of rotatable bonds is 6. The summed E-state index contributed by atoms with van der Waals surface area (Å²) in [6.07, 6.45) is -0.562. The Balaban J connectivity index is 1.66. The molecule has 0 spiro atoms. The van der Waals surface area contributed by atoms with Crippen LogP contribution in [-0.4, -0.2) is 27.9 Å². The lowest BCUT2D eigenvalue weighted by atomic mass is 10.1. The predicted molar refractivity (Wildman–Crippen MR) is 118 cm³/mol. The standard InChI is InChI=1S/C23H24ClN3O3/c1-5-20(22(28)27-18-11-6-13(2)19(24)12-18)30-23(29)17-9-7-16(8-10-17)21-25-14(3)15(4)26-21/h6-12,20H,5H2,1-4H3,(H,25,26)(H,27,28). The molecule has 0 fully saturated rings. The summed E-state index contributed by atoms with van der Waals surface area (Å²) in [4.78, 5) is 32.7. The Morgan fingerprint density at radius 2 is 1.83 bits per heavy atom. The Bertz CT molecular complexity index is 1050. The Kier molecular flexibility index (Phi) is 6.57. The fraction of sp³-hybridized carbons (Fsp3) is 0.261. The van der Waals surface area contributed by atoms with Crippen LogP contribution in [0.5, 0.6) is 0 Å². The minimum Gasteiger partial charge on any atom is -0.449 e. The molecule has 0 radical (unpaired) electrons. The molecule has 1 atom stereocenters. The van der Waals surface area contributed by atoms with Crippen molar-refractivity contribution in [1.29, 1.82) is 0 Å². The van der Waals surface area contributed by atoms with E-state index in [1.807, 2.05) is 26.8 Å². The summed E-state index contributed by atoms with van der Waals surface area (Å²) in [6, 6.07) is 12.1. The fourth-order valence-electron chi connectivity index (χ4n) is 2.86. The Hall–Kier alpha value is -3.12. The Labute approximate surface area is 180 Å². The number of H-pyrrole nitrogens is 1. The van der Waals surface area contributed by atoms with Crippen LogP contribution in [0, 0.1) is 20.8 Å². The van der Waals surface area contributed by atoms with E-state index in [-0.39, 0.29) is 0 Å². The van der Waals surface area contributed by atoms with Crippen molar-refractivity contribution in [3.8, 4) is 11.4 Å². The molecule has 0 bridgehead atoms. The van der Waals surface area contributed by atoms with Gasteiger partial charge in [0.1, 0.15) is 5.82 Å². The number of carbonyl (C=O) groups excluding carboxylic acids is 2. The first kappa shape index (κ1) is 21.6. The lowest BCUT2D eigenvalue weighted by Crippen LogP contribution is -2.32. The molecule has 156 valence electrons. The smallest absolute Gasteiger partial charge is 0.338 e. The van der Waals surface area contributed by atoms with Gasteiger partial charge in [-0.3, -0.25) is 4.79 Å². The van der Waals surface area contributed by atoms with Crippen LogP contribution in [0.15, 0.2) is 42.5 Å². The third-order valence-electron chi connectivity index (χ3n) is 4.87. The molecular formula is C23H24ClN3O3. The number of amides is 1. The topological polar surface area (TPSA) is 84.1 Å². The van der Waals surface area contributed by atoms with Crippen LogP contribution < -0.4 is 5.32 Å². The van der Waals surface area contributed by atoms with Crippen molar-refractivity contribution in [2.24, 2.45) is 0 Å². The van der Waals surface area contributed by atoms with Gasteiger partial charge in [0.25, 0.3) is 5.91 Å². The number of esters is 1. The summed E-state index contributed by atoms with van der Waals surface area (Å²) in [5, 5.41) is 3.30. The maximum absolute atomic E-state index is 12.5. The van der Waals surface area contributed by atoms with E-state index in [1.165, 1.54) is 0 Å². The van der Waals surface area contributed by atoms with Crippen molar-refractivity contribution in [3.05, 3.63) is 70.0 Å². The first-order valence-electron chi connectivity index (χ1n) is 9.70. The molecule has 3 rings (SSSR count). The first-order valence-corrected chi connectivity index (χ1v) is 10.1. The summed E-state index contributed by atoms with van der Waals surface area (Å²) < 4.78 is 5.44. The van der Waals surface area contributed by atoms with E-state index in [1.54, 1.807) is 43.3 Å². The maximum atomic E-state index is 12.5. The molecule has 30 heavy (non-hydrogen) atoms. The molecule has 2 N–H and O–H groups in total. The number of ether oxygens (including phenoxy) is 1. The number of benzene rings is 2. The Morgan fingerprint density at radius 3 is 2.40 bits per heavy atom.